The molecule has 0 N–H and O–H groups in total. The zero-order chi connectivity index (χ0) is 13.8. The number of anilines is 1. The summed E-state index contributed by atoms with van der Waals surface area (Å²) in [5, 5.41) is 6.08. The zero-order valence-electron chi connectivity index (χ0n) is 11.3. The molecular weight excluding hydrogens is 246 g/mol. The van der Waals surface area contributed by atoms with Crippen molar-refractivity contribution in [1.82, 2.24) is 4.90 Å². The van der Waals surface area contributed by atoms with Crippen LogP contribution in [0.5, 0.6) is 5.75 Å². The maximum Gasteiger partial charge on any atom is 0.415 e. The Morgan fingerprint density at radius 1 is 1.32 bits per heavy atom. The molecule has 0 saturated heterocycles. The van der Waals surface area contributed by atoms with Gasteiger partial charge in [0.05, 0.1) is 19.3 Å². The van der Waals surface area contributed by atoms with Crippen LogP contribution in [0.25, 0.3) is 0 Å². The van der Waals surface area contributed by atoms with Gasteiger partial charge < -0.3 is 14.4 Å². The SMILES string of the molecule is COc1ccc(N2CCC(OC(=O)N(C)C)=N2)cc1. The van der Waals surface area contributed by atoms with E-state index in [-0.39, 0.29) is 0 Å². The summed E-state index contributed by atoms with van der Waals surface area (Å²) in [7, 11) is 4.90. The molecule has 0 aliphatic carbocycles. The molecule has 0 fully saturated rings. The lowest BCUT2D eigenvalue weighted by atomic mass is 10.3. The molecule has 0 spiro atoms. The largest absolute Gasteiger partial charge is 0.497 e. The van der Waals surface area contributed by atoms with E-state index in [2.05, 4.69) is 5.10 Å². The topological polar surface area (TPSA) is 54.4 Å². The first kappa shape index (κ1) is 13.2. The van der Waals surface area contributed by atoms with E-state index in [9.17, 15) is 4.79 Å². The van der Waals surface area contributed by atoms with E-state index in [0.717, 1.165) is 11.4 Å². The lowest BCUT2D eigenvalue weighted by molar-refractivity contribution is 0.167. The van der Waals surface area contributed by atoms with Crippen molar-refractivity contribution in [2.45, 2.75) is 6.42 Å². The van der Waals surface area contributed by atoms with Crippen molar-refractivity contribution in [1.29, 1.82) is 0 Å². The smallest absolute Gasteiger partial charge is 0.415 e. The minimum Gasteiger partial charge on any atom is -0.497 e. The van der Waals surface area contributed by atoms with E-state index in [1.165, 1.54) is 4.90 Å². The van der Waals surface area contributed by atoms with E-state index >= 15 is 0 Å². The molecule has 102 valence electrons. The molecule has 2 rings (SSSR count). The number of amides is 1. The average molecular weight is 263 g/mol. The Balaban J connectivity index is 2.03. The number of nitrogens with zero attached hydrogens (tertiary/aromatic N) is 3. The summed E-state index contributed by atoms with van der Waals surface area (Å²) in [6, 6.07) is 7.57. The van der Waals surface area contributed by atoms with E-state index in [0.29, 0.717) is 18.9 Å². The van der Waals surface area contributed by atoms with Crippen LogP contribution in [0, 0.1) is 0 Å². The Morgan fingerprint density at radius 3 is 2.58 bits per heavy atom. The average Bonchev–Trinajstić information content (AvgIpc) is 2.87. The van der Waals surface area contributed by atoms with Crippen LogP contribution in [0.3, 0.4) is 0 Å². The molecule has 19 heavy (non-hydrogen) atoms. The highest BCUT2D eigenvalue weighted by molar-refractivity contribution is 5.90. The standard InChI is InChI=1S/C13H17N3O3/c1-15(2)13(17)19-12-8-9-16(14-12)10-4-6-11(18-3)7-5-10/h4-7H,8-9H2,1-3H3. The second-order valence-corrected chi connectivity index (χ2v) is 4.33. The number of hydrazone groups is 1. The molecule has 6 heteroatoms. The predicted octanol–water partition coefficient (Wildman–Crippen LogP) is 1.92. The third kappa shape index (κ3) is 3.15. The summed E-state index contributed by atoms with van der Waals surface area (Å²) in [4.78, 5) is 12.8. The highest BCUT2D eigenvalue weighted by Crippen LogP contribution is 2.22. The molecule has 1 aromatic carbocycles. The molecule has 6 nitrogen and oxygen atoms in total. The van der Waals surface area contributed by atoms with Crippen LogP contribution in [-0.2, 0) is 4.74 Å². The van der Waals surface area contributed by atoms with Gasteiger partial charge in [-0.05, 0) is 24.3 Å². The molecule has 1 aromatic rings. The molecule has 0 bridgehead atoms. The van der Waals surface area contributed by atoms with Crippen molar-refractivity contribution in [2.24, 2.45) is 5.10 Å². The van der Waals surface area contributed by atoms with Crippen molar-refractivity contribution < 1.29 is 14.3 Å². The molecule has 0 radical (unpaired) electrons. The highest BCUT2D eigenvalue weighted by Gasteiger charge is 2.20. The summed E-state index contributed by atoms with van der Waals surface area (Å²) >= 11 is 0. The highest BCUT2D eigenvalue weighted by atomic mass is 16.6. The molecule has 0 aromatic heterocycles. The molecule has 1 heterocycles. The van der Waals surface area contributed by atoms with Gasteiger partial charge in [-0.1, -0.05) is 0 Å². The first-order valence-electron chi connectivity index (χ1n) is 5.98. The normalized spacial score (nSPS) is 14.1. The molecule has 1 aliphatic heterocycles. The molecule has 1 amide bonds. The Kier molecular flexibility index (Phi) is 3.89. The second kappa shape index (κ2) is 5.60. The minimum absolute atomic E-state index is 0.407. The number of methoxy groups -OCH3 is 1. The van der Waals surface area contributed by atoms with Crippen molar-refractivity contribution in [3.05, 3.63) is 24.3 Å². The van der Waals surface area contributed by atoms with Crippen LogP contribution in [-0.4, -0.2) is 44.6 Å². The van der Waals surface area contributed by atoms with Crippen LogP contribution >= 0.6 is 0 Å². The third-order valence-corrected chi connectivity index (χ3v) is 2.71. The lowest BCUT2D eigenvalue weighted by Gasteiger charge is -2.13. The van der Waals surface area contributed by atoms with Crippen molar-refractivity contribution in [2.75, 3.05) is 32.8 Å². The lowest BCUT2D eigenvalue weighted by Crippen LogP contribution is -2.25. The second-order valence-electron chi connectivity index (χ2n) is 4.33. The Hall–Kier alpha value is -2.24. The van der Waals surface area contributed by atoms with Gasteiger partial charge in [0, 0.05) is 20.5 Å². The number of carbonyl (C=O) groups excluding carboxylic acids is 1. The number of benzene rings is 1. The summed E-state index contributed by atoms with van der Waals surface area (Å²) < 4.78 is 10.2. The first-order chi connectivity index (χ1) is 9.10. The van der Waals surface area contributed by atoms with Crippen LogP contribution < -0.4 is 9.75 Å². The quantitative estimate of drug-likeness (QED) is 0.818. The summed E-state index contributed by atoms with van der Waals surface area (Å²) in [5.74, 6) is 1.24. The summed E-state index contributed by atoms with van der Waals surface area (Å²) in [5.41, 5.74) is 0.941. The predicted molar refractivity (Wildman–Crippen MR) is 72.6 cm³/mol. The van der Waals surface area contributed by atoms with E-state index < -0.39 is 6.09 Å². The summed E-state index contributed by atoms with van der Waals surface area (Å²) in [6.07, 6.45) is 0.210. The Labute approximate surface area is 112 Å². The van der Waals surface area contributed by atoms with Gasteiger partial charge in [0.1, 0.15) is 5.75 Å². The van der Waals surface area contributed by atoms with Gasteiger partial charge >= 0.3 is 6.09 Å². The van der Waals surface area contributed by atoms with Gasteiger partial charge in [0.2, 0.25) is 5.90 Å². The molecule has 0 saturated carbocycles. The van der Waals surface area contributed by atoms with Gasteiger partial charge in [-0.15, -0.1) is 5.10 Å². The molecule has 0 unspecified atom stereocenters. The monoisotopic (exact) mass is 263 g/mol. The van der Waals surface area contributed by atoms with Crippen LogP contribution in [0.2, 0.25) is 0 Å². The molecular formula is C13H17N3O3. The van der Waals surface area contributed by atoms with Crippen molar-refractivity contribution in [3.8, 4) is 5.75 Å². The van der Waals surface area contributed by atoms with Gasteiger partial charge in [0.25, 0.3) is 0 Å². The van der Waals surface area contributed by atoms with Crippen molar-refractivity contribution in [3.63, 3.8) is 0 Å². The Morgan fingerprint density at radius 2 is 2.00 bits per heavy atom. The van der Waals surface area contributed by atoms with E-state index in [1.807, 2.05) is 24.3 Å². The molecule has 0 atom stereocenters. The summed E-state index contributed by atoms with van der Waals surface area (Å²) in [6.45, 7) is 0.697. The number of rotatable bonds is 2. The first-order valence-corrected chi connectivity index (χ1v) is 5.98. The fourth-order valence-electron chi connectivity index (χ4n) is 1.64. The van der Waals surface area contributed by atoms with Gasteiger partial charge in [-0.2, -0.15) is 0 Å². The van der Waals surface area contributed by atoms with Gasteiger partial charge in [-0.3, -0.25) is 5.01 Å². The number of ether oxygens (including phenoxy) is 2. The minimum atomic E-state index is -0.407. The maximum absolute atomic E-state index is 11.4. The van der Waals surface area contributed by atoms with E-state index in [1.54, 1.807) is 26.2 Å². The fourth-order valence-corrected chi connectivity index (χ4v) is 1.64. The number of hydrogen-bond donors (Lipinski definition) is 0. The van der Waals surface area contributed by atoms with E-state index in [4.69, 9.17) is 9.47 Å². The number of hydrogen-bond acceptors (Lipinski definition) is 5. The maximum atomic E-state index is 11.4. The van der Waals surface area contributed by atoms with Crippen LogP contribution in [0.4, 0.5) is 10.5 Å². The zero-order valence-corrected chi connectivity index (χ0v) is 11.3. The Bertz CT molecular complexity index is 482. The number of carbonyl (C=O) groups is 1. The third-order valence-electron chi connectivity index (χ3n) is 2.71. The van der Waals surface area contributed by atoms with Gasteiger partial charge in [-0.25, -0.2) is 4.79 Å². The van der Waals surface area contributed by atoms with Gasteiger partial charge in [0.15, 0.2) is 0 Å². The van der Waals surface area contributed by atoms with Crippen LogP contribution in [0.1, 0.15) is 6.42 Å². The molecule has 1 aliphatic rings. The van der Waals surface area contributed by atoms with Crippen LogP contribution in [0.15, 0.2) is 29.4 Å². The van der Waals surface area contributed by atoms with Crippen molar-refractivity contribution >= 4 is 17.7 Å². The fraction of sp³-hybridized carbons (Fsp3) is 0.385.